The maximum Gasteiger partial charge on any atom is 0.416 e. The molecule has 1 heterocycles. The Balaban J connectivity index is 2.53. The van der Waals surface area contributed by atoms with Crippen molar-refractivity contribution in [3.05, 3.63) is 29.6 Å². The predicted octanol–water partition coefficient (Wildman–Crippen LogP) is 2.68. The Kier molecular flexibility index (Phi) is 2.99. The van der Waals surface area contributed by atoms with Crippen molar-refractivity contribution < 1.29 is 27.2 Å². The predicted molar refractivity (Wildman–Crippen MR) is 61.5 cm³/mol. The van der Waals surface area contributed by atoms with E-state index in [9.17, 15) is 27.2 Å². The van der Waals surface area contributed by atoms with Crippen LogP contribution < -0.4 is 10.2 Å². The van der Waals surface area contributed by atoms with Crippen molar-refractivity contribution >= 4 is 17.6 Å². The summed E-state index contributed by atoms with van der Waals surface area (Å²) in [6.07, 6.45) is -4.70. The van der Waals surface area contributed by atoms with Crippen LogP contribution in [0.25, 0.3) is 0 Å². The van der Waals surface area contributed by atoms with Gasteiger partial charge in [0.15, 0.2) is 0 Å². The minimum atomic E-state index is -4.70. The van der Waals surface area contributed by atoms with E-state index in [1.165, 1.54) is 13.8 Å². The van der Waals surface area contributed by atoms with Gasteiger partial charge in [0.25, 0.3) is 5.91 Å². The highest BCUT2D eigenvalue weighted by atomic mass is 19.4. The minimum Gasteiger partial charge on any atom is -0.323 e. The number of nitrogens with zero attached hydrogens (tertiary/aromatic N) is 1. The Hall–Kier alpha value is -2.12. The molecule has 3 amide bonds. The third-order valence-electron chi connectivity index (χ3n) is 2.87. The van der Waals surface area contributed by atoms with Crippen LogP contribution in [0.15, 0.2) is 18.2 Å². The largest absolute Gasteiger partial charge is 0.416 e. The number of anilines is 1. The Bertz CT molecular complexity index is 596. The van der Waals surface area contributed by atoms with Crippen LogP contribution in [0.1, 0.15) is 19.4 Å². The lowest BCUT2D eigenvalue weighted by Gasteiger charge is -2.17. The van der Waals surface area contributed by atoms with Crippen LogP contribution in [0, 0.1) is 5.82 Å². The Labute approximate surface area is 111 Å². The molecule has 0 aliphatic carbocycles. The average Bonchev–Trinajstić information content (AvgIpc) is 2.48. The summed E-state index contributed by atoms with van der Waals surface area (Å²) in [5.41, 5.74) is -3.15. The van der Waals surface area contributed by atoms with Gasteiger partial charge in [-0.05, 0) is 32.0 Å². The van der Waals surface area contributed by atoms with Gasteiger partial charge in [0.1, 0.15) is 11.4 Å². The molecule has 8 heteroatoms. The number of hydrogen-bond acceptors (Lipinski definition) is 2. The molecule has 2 rings (SSSR count). The lowest BCUT2D eigenvalue weighted by molar-refractivity contribution is -0.137. The standard InChI is InChI=1S/C12H10F4N2O2/c1-11(2)9(19)18(10(20)17-11)8-5-6(12(14,15)16)3-4-7(8)13/h3-5H,1-2H3,(H,17,20). The molecular formula is C12H10F4N2O2. The molecule has 0 radical (unpaired) electrons. The van der Waals surface area contributed by atoms with E-state index in [1.54, 1.807) is 0 Å². The summed E-state index contributed by atoms with van der Waals surface area (Å²) in [7, 11) is 0. The first-order valence-electron chi connectivity index (χ1n) is 5.57. The van der Waals surface area contributed by atoms with E-state index in [0.717, 1.165) is 0 Å². The van der Waals surface area contributed by atoms with Crippen LogP contribution in [0.5, 0.6) is 0 Å². The third kappa shape index (κ3) is 2.21. The first kappa shape index (κ1) is 14.3. The van der Waals surface area contributed by atoms with Crippen LogP contribution in [-0.4, -0.2) is 17.5 Å². The van der Waals surface area contributed by atoms with Gasteiger partial charge in [-0.1, -0.05) is 0 Å². The second-order valence-corrected chi connectivity index (χ2v) is 4.86. The Morgan fingerprint density at radius 1 is 1.20 bits per heavy atom. The van der Waals surface area contributed by atoms with Gasteiger partial charge in [0, 0.05) is 0 Å². The van der Waals surface area contributed by atoms with Gasteiger partial charge in [-0.25, -0.2) is 14.1 Å². The van der Waals surface area contributed by atoms with Crippen LogP contribution in [0.2, 0.25) is 0 Å². The molecule has 1 N–H and O–H groups in total. The van der Waals surface area contributed by atoms with Gasteiger partial charge < -0.3 is 5.32 Å². The summed E-state index contributed by atoms with van der Waals surface area (Å²) < 4.78 is 51.5. The van der Waals surface area contributed by atoms with Crippen LogP contribution in [-0.2, 0) is 11.0 Å². The fourth-order valence-corrected chi connectivity index (χ4v) is 1.83. The molecular weight excluding hydrogens is 280 g/mol. The van der Waals surface area contributed by atoms with E-state index < -0.39 is 40.7 Å². The van der Waals surface area contributed by atoms with E-state index >= 15 is 0 Å². The van der Waals surface area contributed by atoms with Crippen molar-refractivity contribution in [3.63, 3.8) is 0 Å². The van der Waals surface area contributed by atoms with E-state index in [1.807, 2.05) is 0 Å². The molecule has 0 atom stereocenters. The second-order valence-electron chi connectivity index (χ2n) is 4.86. The first-order chi connectivity index (χ1) is 9.04. The fraction of sp³-hybridized carbons (Fsp3) is 0.333. The van der Waals surface area contributed by atoms with Crippen molar-refractivity contribution in [2.75, 3.05) is 4.90 Å². The summed E-state index contributed by atoms with van der Waals surface area (Å²) in [6.45, 7) is 2.75. The summed E-state index contributed by atoms with van der Waals surface area (Å²) in [6, 6.07) is 0.596. The fourth-order valence-electron chi connectivity index (χ4n) is 1.83. The number of amides is 3. The van der Waals surface area contributed by atoms with Gasteiger partial charge in [-0.2, -0.15) is 13.2 Å². The molecule has 0 aromatic heterocycles. The number of halogens is 4. The maximum atomic E-state index is 13.7. The molecule has 0 bridgehead atoms. The Morgan fingerprint density at radius 3 is 2.25 bits per heavy atom. The third-order valence-corrected chi connectivity index (χ3v) is 2.87. The summed E-state index contributed by atoms with van der Waals surface area (Å²) in [5.74, 6) is -1.90. The highest BCUT2D eigenvalue weighted by molar-refractivity contribution is 6.23. The number of carbonyl (C=O) groups excluding carboxylic acids is 2. The average molecular weight is 290 g/mol. The van der Waals surface area contributed by atoms with Crippen LogP contribution >= 0.6 is 0 Å². The molecule has 1 aliphatic heterocycles. The van der Waals surface area contributed by atoms with Gasteiger partial charge in [0.05, 0.1) is 11.3 Å². The highest BCUT2D eigenvalue weighted by Gasteiger charge is 2.46. The number of alkyl halides is 3. The molecule has 1 aliphatic rings. The maximum absolute atomic E-state index is 13.7. The molecule has 20 heavy (non-hydrogen) atoms. The van der Waals surface area contributed by atoms with E-state index in [4.69, 9.17) is 0 Å². The molecule has 1 aromatic carbocycles. The normalized spacial score (nSPS) is 18.4. The molecule has 0 saturated carbocycles. The quantitative estimate of drug-likeness (QED) is 0.638. The zero-order valence-electron chi connectivity index (χ0n) is 10.5. The summed E-state index contributed by atoms with van der Waals surface area (Å²) >= 11 is 0. The SMILES string of the molecule is CC1(C)NC(=O)N(c2cc(C(F)(F)F)ccc2F)C1=O. The van der Waals surface area contributed by atoms with Gasteiger partial charge >= 0.3 is 12.2 Å². The van der Waals surface area contributed by atoms with Crippen LogP contribution in [0.3, 0.4) is 0 Å². The number of urea groups is 1. The topological polar surface area (TPSA) is 49.4 Å². The summed E-state index contributed by atoms with van der Waals surface area (Å²) in [4.78, 5) is 24.0. The highest BCUT2D eigenvalue weighted by Crippen LogP contribution is 2.34. The molecule has 1 aromatic rings. The number of nitrogens with one attached hydrogen (secondary N) is 1. The number of imide groups is 1. The van der Waals surface area contributed by atoms with Crippen molar-refractivity contribution in [1.82, 2.24) is 5.32 Å². The minimum absolute atomic E-state index is 0.380. The zero-order valence-corrected chi connectivity index (χ0v) is 10.5. The number of carbonyl (C=O) groups is 2. The van der Waals surface area contributed by atoms with Crippen molar-refractivity contribution in [1.29, 1.82) is 0 Å². The smallest absolute Gasteiger partial charge is 0.323 e. The molecule has 1 saturated heterocycles. The zero-order chi connectivity index (χ0) is 15.3. The Morgan fingerprint density at radius 2 is 1.80 bits per heavy atom. The van der Waals surface area contributed by atoms with Crippen molar-refractivity contribution in [2.45, 2.75) is 25.6 Å². The van der Waals surface area contributed by atoms with E-state index in [-0.39, 0.29) is 0 Å². The summed E-state index contributed by atoms with van der Waals surface area (Å²) in [5, 5.41) is 2.27. The van der Waals surface area contributed by atoms with Gasteiger partial charge in [0.2, 0.25) is 0 Å². The molecule has 4 nitrogen and oxygen atoms in total. The monoisotopic (exact) mass is 290 g/mol. The molecule has 108 valence electrons. The molecule has 0 unspecified atom stereocenters. The lowest BCUT2D eigenvalue weighted by Crippen LogP contribution is -2.40. The number of rotatable bonds is 1. The number of benzene rings is 1. The van der Waals surface area contributed by atoms with Crippen molar-refractivity contribution in [2.24, 2.45) is 0 Å². The number of hydrogen-bond donors (Lipinski definition) is 1. The van der Waals surface area contributed by atoms with Crippen LogP contribution in [0.4, 0.5) is 28.0 Å². The van der Waals surface area contributed by atoms with Gasteiger partial charge in [-0.15, -0.1) is 0 Å². The van der Waals surface area contributed by atoms with E-state index in [0.29, 0.717) is 23.1 Å². The van der Waals surface area contributed by atoms with Crippen molar-refractivity contribution in [3.8, 4) is 0 Å². The van der Waals surface area contributed by atoms with Gasteiger partial charge in [-0.3, -0.25) is 4.79 Å². The first-order valence-corrected chi connectivity index (χ1v) is 5.57. The van der Waals surface area contributed by atoms with E-state index in [2.05, 4.69) is 5.32 Å². The lowest BCUT2D eigenvalue weighted by atomic mass is 10.1. The molecule has 0 spiro atoms. The second kappa shape index (κ2) is 4.19. The molecule has 1 fully saturated rings.